The van der Waals surface area contributed by atoms with Gasteiger partial charge in [-0.3, -0.25) is 4.74 Å². The number of rotatable bonds is 20. The Kier molecular flexibility index (Phi) is 18.9. The molecule has 0 saturated carbocycles. The van der Waals surface area contributed by atoms with Crippen LogP contribution in [0.2, 0.25) is 0 Å². The maximum Gasteiger partial charge on any atom is 0.364 e. The molecule has 6 rings (SSSR count). The Balaban J connectivity index is 1.31. The third kappa shape index (κ3) is 15.0. The Morgan fingerprint density at radius 1 is 0.468 bits per heavy atom. The number of carbonyl (C=O) groups is 6. The summed E-state index contributed by atoms with van der Waals surface area (Å²) in [5.74, 6) is -21.0. The highest BCUT2D eigenvalue weighted by molar-refractivity contribution is 5.89. The number of phenols is 8. The van der Waals surface area contributed by atoms with Gasteiger partial charge < -0.3 is 99.9 Å². The Hall–Kier alpha value is -9.22. The maximum absolute atomic E-state index is 13.4. The van der Waals surface area contributed by atoms with Crippen molar-refractivity contribution in [1.29, 1.82) is 0 Å². The SMILES string of the molecule is O=C(/C=C/c1ccc(O)c(O)c1)OCC(O)[C@H]1O[C@](O[C@@]2(C(=O)O)C[C@H](O)[C@@H](OC(=O)/C=C/c3ccc(O)c(O)c3)[C@@H]([C@H](O)COC(=O)/C=C/c3ccc(O)c(O)c3)O2)(C(=O)O)C[C@H](O)[C@H]1OC(=O)/C=C/c1ccc(O)c(O)c1. The molecule has 0 spiro atoms. The van der Waals surface area contributed by atoms with Crippen LogP contribution < -0.4 is 0 Å². The number of aliphatic carboxylic acids is 2. The van der Waals surface area contributed by atoms with Crippen LogP contribution in [0.4, 0.5) is 0 Å². The fourth-order valence-electron chi connectivity index (χ4n) is 7.74. The highest BCUT2D eigenvalue weighted by atomic mass is 16.8. The lowest BCUT2D eigenvalue weighted by molar-refractivity contribution is -0.408. The topological polar surface area (TPSA) is 450 Å². The van der Waals surface area contributed by atoms with Crippen LogP contribution in [0.1, 0.15) is 35.1 Å². The van der Waals surface area contributed by atoms with Gasteiger partial charge in [0.1, 0.15) is 37.6 Å². The van der Waals surface area contributed by atoms with E-state index in [2.05, 4.69) is 0 Å². The number of phenolic OH excluding ortho intramolecular Hbond substituents is 8. The van der Waals surface area contributed by atoms with Crippen LogP contribution in [0.15, 0.2) is 97.1 Å². The summed E-state index contributed by atoms with van der Waals surface area (Å²) in [5, 5.41) is 146. The lowest BCUT2D eigenvalue weighted by Crippen LogP contribution is -2.70. The molecule has 27 nitrogen and oxygen atoms in total. The summed E-state index contributed by atoms with van der Waals surface area (Å²) in [5.41, 5.74) is 0.582. The average molecular weight is 1110 g/mol. The zero-order valence-corrected chi connectivity index (χ0v) is 40.6. The number of hydrogen-bond acceptors (Lipinski definition) is 25. The molecule has 1 unspecified atom stereocenters. The predicted molar refractivity (Wildman–Crippen MR) is 262 cm³/mol. The molecule has 14 N–H and O–H groups in total. The van der Waals surface area contributed by atoms with Gasteiger partial charge in [-0.2, -0.15) is 0 Å². The normalized spacial score (nSPS) is 24.0. The molecule has 4 aromatic carbocycles. The van der Waals surface area contributed by atoms with Crippen molar-refractivity contribution in [3.63, 3.8) is 0 Å². The first-order chi connectivity index (χ1) is 37.3. The number of carboxylic acid groups (broad SMARTS) is 2. The van der Waals surface area contributed by atoms with Gasteiger partial charge in [-0.1, -0.05) is 24.3 Å². The molecule has 2 fully saturated rings. The number of aromatic hydroxyl groups is 8. The maximum atomic E-state index is 13.4. The molecule has 2 saturated heterocycles. The zero-order chi connectivity index (χ0) is 57.9. The Morgan fingerprint density at radius 2 is 0.747 bits per heavy atom. The number of aliphatic hydroxyl groups excluding tert-OH is 4. The Morgan fingerprint density at radius 3 is 1.01 bits per heavy atom. The van der Waals surface area contributed by atoms with Gasteiger partial charge in [-0.05, 0) is 95.1 Å². The highest BCUT2D eigenvalue weighted by Gasteiger charge is 2.65. The molecule has 0 amide bonds. The van der Waals surface area contributed by atoms with E-state index in [1.54, 1.807) is 0 Å². The first-order valence-corrected chi connectivity index (χ1v) is 23.1. The van der Waals surface area contributed by atoms with E-state index in [4.69, 9.17) is 33.2 Å². The molecular formula is C52H50O27. The number of hydrogen-bond donors (Lipinski definition) is 14. The van der Waals surface area contributed by atoms with Gasteiger partial charge in [0.25, 0.3) is 11.6 Å². The van der Waals surface area contributed by atoms with Crippen molar-refractivity contribution in [3.05, 3.63) is 119 Å². The van der Waals surface area contributed by atoms with Crippen LogP contribution in [-0.4, -0.2) is 181 Å². The van der Waals surface area contributed by atoms with E-state index < -0.39 is 168 Å². The molecular weight excluding hydrogens is 1060 g/mol. The summed E-state index contributed by atoms with van der Waals surface area (Å²) in [6, 6.07) is 13.7. The van der Waals surface area contributed by atoms with Gasteiger partial charge in [0.05, 0.1) is 12.2 Å². The molecule has 27 heteroatoms. The first-order valence-electron chi connectivity index (χ1n) is 23.1. The quantitative estimate of drug-likeness (QED) is 0.0254. The molecule has 2 heterocycles. The van der Waals surface area contributed by atoms with Crippen molar-refractivity contribution in [1.82, 2.24) is 0 Å². The third-order valence-corrected chi connectivity index (χ3v) is 11.7. The second kappa shape index (κ2) is 25.3. The Bertz CT molecular complexity index is 2850. The first kappa shape index (κ1) is 59.0. The third-order valence-electron chi connectivity index (χ3n) is 11.7. The molecule has 0 bridgehead atoms. The molecule has 0 aliphatic carbocycles. The van der Waals surface area contributed by atoms with Crippen LogP contribution in [0.25, 0.3) is 24.3 Å². The predicted octanol–water partition coefficient (Wildman–Crippen LogP) is 0.995. The van der Waals surface area contributed by atoms with Crippen LogP contribution >= 0.6 is 0 Å². The minimum absolute atomic E-state index is 0.119. The van der Waals surface area contributed by atoms with Gasteiger partial charge in [0.2, 0.25) is 0 Å². The minimum atomic E-state index is -3.56. The molecule has 79 heavy (non-hydrogen) atoms. The second-order valence-electron chi connectivity index (χ2n) is 17.4. The van der Waals surface area contributed by atoms with E-state index >= 15 is 0 Å². The number of esters is 4. The van der Waals surface area contributed by atoms with Crippen molar-refractivity contribution in [2.24, 2.45) is 0 Å². The fourth-order valence-corrected chi connectivity index (χ4v) is 7.74. The number of carboxylic acids is 2. The van der Waals surface area contributed by atoms with Gasteiger partial charge in [-0.15, -0.1) is 0 Å². The summed E-state index contributed by atoms with van der Waals surface area (Å²) >= 11 is 0. The molecule has 4 aromatic rings. The molecule has 420 valence electrons. The van der Waals surface area contributed by atoms with Crippen LogP contribution in [-0.2, 0) is 61.9 Å². The van der Waals surface area contributed by atoms with Gasteiger partial charge in [-0.25, -0.2) is 28.8 Å². The molecule has 0 radical (unpaired) electrons. The van der Waals surface area contributed by atoms with Crippen molar-refractivity contribution in [3.8, 4) is 46.0 Å². The van der Waals surface area contributed by atoms with Gasteiger partial charge in [0.15, 0.2) is 58.2 Å². The van der Waals surface area contributed by atoms with Crippen molar-refractivity contribution in [2.45, 2.75) is 73.2 Å². The zero-order valence-electron chi connectivity index (χ0n) is 40.6. The minimum Gasteiger partial charge on any atom is -0.504 e. The summed E-state index contributed by atoms with van der Waals surface area (Å²) in [6.45, 7) is -2.33. The van der Waals surface area contributed by atoms with E-state index in [1.807, 2.05) is 0 Å². The van der Waals surface area contributed by atoms with E-state index in [-0.39, 0.29) is 22.3 Å². The largest absolute Gasteiger partial charge is 0.504 e. The van der Waals surface area contributed by atoms with Crippen molar-refractivity contribution < 1.29 is 133 Å². The standard InChI is InChI=1S/C52H50O27/c53-29-9-1-25(17-33(29)57)5-13-41(65)73-23-39(63)47-45(75-43(67)15-7-27-3-11-31(55)35(59)19-27)37(61)21-51(77-47,49(69)70)79-52(50(71)72)22-38(62)46(76-44(68)16-8-28-4-12-32(56)36(60)20-28)48(78-52)40(64)24-74-42(66)14-6-26-2-10-30(54)34(58)18-26/h1-20,37-40,45-48,53-64H,21-24H2,(H,69,70)(H,71,72)/b13-5+,14-6+,15-7+,16-8+/t37-,38-,39+,40?,45+,46+,47+,48+,51+,52+/m0/s1. The molecule has 2 aliphatic heterocycles. The molecule has 10 atom stereocenters. The van der Waals surface area contributed by atoms with Crippen molar-refractivity contribution >= 4 is 60.1 Å². The lowest BCUT2D eigenvalue weighted by atomic mass is 9.90. The second-order valence-corrected chi connectivity index (χ2v) is 17.4. The van der Waals surface area contributed by atoms with Crippen molar-refractivity contribution in [2.75, 3.05) is 13.2 Å². The van der Waals surface area contributed by atoms with E-state index in [9.17, 15) is 100 Å². The Labute approximate surface area is 444 Å². The fraction of sp³-hybridized carbons (Fsp3) is 0.269. The smallest absolute Gasteiger partial charge is 0.364 e. The summed E-state index contributed by atoms with van der Waals surface area (Å²) < 4.78 is 38.0. The number of carbonyl (C=O) groups excluding carboxylic acids is 4. The summed E-state index contributed by atoms with van der Waals surface area (Å²) in [7, 11) is 0. The summed E-state index contributed by atoms with van der Waals surface area (Å²) in [4.78, 5) is 78.9. The average Bonchev–Trinajstić information content (AvgIpc) is 3.61. The van der Waals surface area contributed by atoms with Gasteiger partial charge >= 0.3 is 35.8 Å². The summed E-state index contributed by atoms with van der Waals surface area (Å²) in [6.07, 6.45) is -13.8. The van der Waals surface area contributed by atoms with Crippen LogP contribution in [0, 0.1) is 0 Å². The molecule has 2 aliphatic rings. The van der Waals surface area contributed by atoms with E-state index in [0.29, 0.717) is 0 Å². The number of aliphatic hydroxyl groups is 4. The van der Waals surface area contributed by atoms with Crippen LogP contribution in [0.3, 0.4) is 0 Å². The lowest BCUT2D eigenvalue weighted by Gasteiger charge is -2.50. The van der Waals surface area contributed by atoms with E-state index in [1.165, 1.54) is 24.3 Å². The number of benzene rings is 4. The molecule has 0 aromatic heterocycles. The van der Waals surface area contributed by atoms with Gasteiger partial charge in [0, 0.05) is 37.1 Å². The van der Waals surface area contributed by atoms with Crippen LogP contribution in [0.5, 0.6) is 46.0 Å². The number of ether oxygens (including phenoxy) is 7. The van der Waals surface area contributed by atoms with E-state index in [0.717, 1.165) is 97.1 Å². The monoisotopic (exact) mass is 1110 g/mol. The highest BCUT2D eigenvalue weighted by Crippen LogP contribution is 2.43.